The van der Waals surface area contributed by atoms with Gasteiger partial charge in [0, 0.05) is 0 Å². The number of aliphatic hydroxyl groups is 3. The minimum atomic E-state index is -1.69. The minimum absolute atomic E-state index is 0.187. The number of rotatable bonds is 9. The monoisotopic (exact) mass is 392 g/mol. The summed E-state index contributed by atoms with van der Waals surface area (Å²) in [6.45, 7) is -0.301. The molecule has 3 aromatic rings. The van der Waals surface area contributed by atoms with Crippen LogP contribution in [0, 0.1) is 0 Å². The zero-order valence-corrected chi connectivity index (χ0v) is 15.8. The van der Waals surface area contributed by atoms with Gasteiger partial charge < -0.3 is 24.9 Å². The number of carbonyl (C=O) groups excluding carboxylic acids is 1. The van der Waals surface area contributed by atoms with Gasteiger partial charge >= 0.3 is 0 Å². The Bertz CT molecular complexity index is 786. The second-order valence-electron chi connectivity index (χ2n) is 6.77. The number of hydrogen-bond donors (Lipinski definition) is 3. The van der Waals surface area contributed by atoms with Crippen LogP contribution < -0.4 is 0 Å². The third kappa shape index (κ3) is 4.44. The molecule has 0 amide bonds. The molecule has 29 heavy (non-hydrogen) atoms. The van der Waals surface area contributed by atoms with Gasteiger partial charge in [-0.05, 0) is 16.7 Å². The largest absolute Gasteiger partial charge is 0.388 e. The molecular formula is C24H24O5. The van der Waals surface area contributed by atoms with Gasteiger partial charge in [0.25, 0.3) is 0 Å². The summed E-state index contributed by atoms with van der Waals surface area (Å²) < 4.78 is 6.33. The maximum Gasteiger partial charge on any atom is 0.151 e. The van der Waals surface area contributed by atoms with Crippen LogP contribution in [0.4, 0.5) is 0 Å². The highest BCUT2D eigenvalue weighted by Crippen LogP contribution is 2.40. The van der Waals surface area contributed by atoms with E-state index >= 15 is 0 Å². The summed E-state index contributed by atoms with van der Waals surface area (Å²) >= 11 is 0. The van der Waals surface area contributed by atoms with Crippen molar-refractivity contribution in [2.24, 2.45) is 0 Å². The normalized spacial score (nSPS) is 14.7. The maximum atomic E-state index is 10.8. The first kappa shape index (κ1) is 20.9. The number of hydrogen-bond acceptors (Lipinski definition) is 5. The SMILES string of the molecule is O=C[C@@H](O)[C@H](O)[C@H](O)COC(c1ccccc1)(c1ccccc1)c1ccccc1. The van der Waals surface area contributed by atoms with Crippen molar-refractivity contribution in [3.8, 4) is 0 Å². The number of aldehydes is 1. The molecule has 0 aliphatic heterocycles. The molecule has 0 aromatic heterocycles. The predicted molar refractivity (Wildman–Crippen MR) is 109 cm³/mol. The lowest BCUT2D eigenvalue weighted by Crippen LogP contribution is -2.43. The van der Waals surface area contributed by atoms with Gasteiger partial charge in [-0.3, -0.25) is 0 Å². The highest BCUT2D eigenvalue weighted by Gasteiger charge is 2.39. The summed E-state index contributed by atoms with van der Waals surface area (Å²) in [4.78, 5) is 10.8. The van der Waals surface area contributed by atoms with Gasteiger partial charge in [0.05, 0.1) is 6.61 Å². The Kier molecular flexibility index (Phi) is 6.90. The van der Waals surface area contributed by atoms with E-state index in [2.05, 4.69) is 0 Å². The molecule has 150 valence electrons. The lowest BCUT2D eigenvalue weighted by atomic mass is 9.80. The van der Waals surface area contributed by atoms with Crippen molar-refractivity contribution in [1.29, 1.82) is 0 Å². The Morgan fingerprint density at radius 2 is 1.10 bits per heavy atom. The number of aliphatic hydroxyl groups excluding tert-OH is 3. The zero-order chi connectivity index (χ0) is 20.7. The first-order valence-corrected chi connectivity index (χ1v) is 9.39. The van der Waals surface area contributed by atoms with Crippen LogP contribution in [0.5, 0.6) is 0 Å². The topological polar surface area (TPSA) is 87.0 Å². The number of ether oxygens (including phenoxy) is 1. The summed E-state index contributed by atoms with van der Waals surface area (Å²) in [5.41, 5.74) is 1.47. The molecule has 0 aliphatic carbocycles. The van der Waals surface area contributed by atoms with Crippen LogP contribution in [0.3, 0.4) is 0 Å². The van der Waals surface area contributed by atoms with Crippen LogP contribution in [0.1, 0.15) is 16.7 Å². The van der Waals surface area contributed by atoms with Crippen molar-refractivity contribution in [1.82, 2.24) is 0 Å². The maximum absolute atomic E-state index is 10.8. The average molecular weight is 392 g/mol. The van der Waals surface area contributed by atoms with Gasteiger partial charge in [-0.2, -0.15) is 0 Å². The first-order chi connectivity index (χ1) is 14.1. The van der Waals surface area contributed by atoms with Crippen LogP contribution in [0.15, 0.2) is 91.0 Å². The molecule has 5 nitrogen and oxygen atoms in total. The third-order valence-electron chi connectivity index (χ3n) is 4.90. The van der Waals surface area contributed by atoms with E-state index in [1.165, 1.54) is 0 Å². The molecule has 3 aromatic carbocycles. The van der Waals surface area contributed by atoms with E-state index in [1.807, 2.05) is 91.0 Å². The van der Waals surface area contributed by atoms with Crippen LogP contribution in [0.2, 0.25) is 0 Å². The fourth-order valence-corrected chi connectivity index (χ4v) is 3.39. The summed E-state index contributed by atoms with van der Waals surface area (Å²) in [6, 6.07) is 28.7. The molecule has 3 rings (SSSR count). The van der Waals surface area contributed by atoms with Crippen LogP contribution in [0.25, 0.3) is 0 Å². The molecule has 0 heterocycles. The number of carbonyl (C=O) groups is 1. The van der Waals surface area contributed by atoms with Crippen molar-refractivity contribution in [3.05, 3.63) is 108 Å². The molecule has 0 unspecified atom stereocenters. The van der Waals surface area contributed by atoms with Gasteiger partial charge in [-0.1, -0.05) is 91.0 Å². The molecule has 0 spiro atoms. The highest BCUT2D eigenvalue weighted by atomic mass is 16.5. The predicted octanol–water partition coefficient (Wildman–Crippen LogP) is 2.28. The van der Waals surface area contributed by atoms with Crippen molar-refractivity contribution in [2.45, 2.75) is 23.9 Å². The van der Waals surface area contributed by atoms with Crippen LogP contribution in [-0.2, 0) is 15.1 Å². The van der Waals surface area contributed by atoms with Crippen LogP contribution in [-0.4, -0.2) is 46.5 Å². The smallest absolute Gasteiger partial charge is 0.151 e. The molecule has 5 heteroatoms. The Labute approximate surface area is 169 Å². The van der Waals surface area contributed by atoms with E-state index in [0.717, 1.165) is 16.7 Å². The zero-order valence-electron chi connectivity index (χ0n) is 15.8. The van der Waals surface area contributed by atoms with Gasteiger partial charge in [-0.15, -0.1) is 0 Å². The van der Waals surface area contributed by atoms with E-state index in [-0.39, 0.29) is 12.9 Å². The van der Waals surface area contributed by atoms with E-state index in [0.29, 0.717) is 0 Å². The second-order valence-corrected chi connectivity index (χ2v) is 6.77. The molecule has 0 saturated carbocycles. The Hall–Kier alpha value is -2.83. The second kappa shape index (κ2) is 9.58. The van der Waals surface area contributed by atoms with Crippen molar-refractivity contribution >= 4 is 6.29 Å². The Balaban J connectivity index is 2.09. The van der Waals surface area contributed by atoms with Gasteiger partial charge in [-0.25, -0.2) is 0 Å². The fraction of sp³-hybridized carbons (Fsp3) is 0.208. The average Bonchev–Trinajstić information content (AvgIpc) is 2.80. The first-order valence-electron chi connectivity index (χ1n) is 9.39. The third-order valence-corrected chi connectivity index (χ3v) is 4.90. The molecule has 3 atom stereocenters. The van der Waals surface area contributed by atoms with E-state index in [1.54, 1.807) is 0 Å². The summed E-state index contributed by atoms with van der Waals surface area (Å²) in [7, 11) is 0. The van der Waals surface area contributed by atoms with Crippen molar-refractivity contribution in [2.75, 3.05) is 6.61 Å². The van der Waals surface area contributed by atoms with Crippen LogP contribution >= 0.6 is 0 Å². The fourth-order valence-electron chi connectivity index (χ4n) is 3.39. The van der Waals surface area contributed by atoms with E-state index in [4.69, 9.17) is 4.74 Å². The summed E-state index contributed by atoms with van der Waals surface area (Å²) in [5, 5.41) is 29.9. The Morgan fingerprint density at radius 1 is 0.724 bits per heavy atom. The summed E-state index contributed by atoms with van der Waals surface area (Å²) in [5.74, 6) is 0. The molecule has 0 aliphatic rings. The van der Waals surface area contributed by atoms with Gasteiger partial charge in [0.1, 0.15) is 23.9 Å². The minimum Gasteiger partial charge on any atom is -0.388 e. The quantitative estimate of drug-likeness (QED) is 0.384. The molecule has 0 bridgehead atoms. The molecule has 0 saturated heterocycles. The highest BCUT2D eigenvalue weighted by molar-refractivity contribution is 5.56. The standard InChI is InChI=1S/C24H24O5/c25-16-21(26)23(28)22(27)17-29-24(18-10-4-1-5-11-18,19-12-6-2-7-13-19)20-14-8-3-9-15-20/h1-16,21-23,26-28H,17H2/t21-,22-,23+/m1/s1. The summed E-state index contributed by atoms with van der Waals surface area (Å²) in [6.07, 6.45) is -4.60. The van der Waals surface area contributed by atoms with Crippen molar-refractivity contribution < 1.29 is 24.9 Å². The molecule has 0 fully saturated rings. The van der Waals surface area contributed by atoms with E-state index < -0.39 is 23.9 Å². The molecular weight excluding hydrogens is 368 g/mol. The van der Waals surface area contributed by atoms with E-state index in [9.17, 15) is 20.1 Å². The lowest BCUT2D eigenvalue weighted by Gasteiger charge is -2.37. The van der Waals surface area contributed by atoms with Gasteiger partial charge in [0.15, 0.2) is 6.29 Å². The lowest BCUT2D eigenvalue weighted by molar-refractivity contribution is -0.133. The molecule has 0 radical (unpaired) electrons. The Morgan fingerprint density at radius 3 is 1.45 bits per heavy atom. The molecule has 3 N–H and O–H groups in total. The van der Waals surface area contributed by atoms with Crippen molar-refractivity contribution in [3.63, 3.8) is 0 Å². The number of benzene rings is 3. The van der Waals surface area contributed by atoms with Gasteiger partial charge in [0.2, 0.25) is 0 Å².